The fraction of sp³-hybridized carbons (Fsp3) is 0.300. The van der Waals surface area contributed by atoms with E-state index in [-0.39, 0.29) is 11.1 Å². The first kappa shape index (κ1) is 12.5. The summed E-state index contributed by atoms with van der Waals surface area (Å²) in [4.78, 5) is 28.3. The minimum atomic E-state index is -0.939. The lowest BCUT2D eigenvalue weighted by atomic mass is 10.3. The Kier molecular flexibility index (Phi) is 4.30. The lowest BCUT2D eigenvalue weighted by Gasteiger charge is -1.98. The van der Waals surface area contributed by atoms with Crippen LogP contribution in [0.3, 0.4) is 0 Å². The summed E-state index contributed by atoms with van der Waals surface area (Å²) in [6, 6.07) is 1.41. The molecule has 0 saturated heterocycles. The van der Waals surface area contributed by atoms with Gasteiger partial charge in [0.2, 0.25) is 0 Å². The van der Waals surface area contributed by atoms with Crippen LogP contribution in [0.2, 0.25) is 0 Å². The van der Waals surface area contributed by atoms with Gasteiger partial charge in [0, 0.05) is 23.1 Å². The number of nitrogens with zero attached hydrogens (tertiary/aromatic N) is 1. The fourth-order valence-corrected chi connectivity index (χ4v) is 1.83. The molecular weight excluding hydrogens is 228 g/mol. The largest absolute Gasteiger partial charge is 0.478 e. The van der Waals surface area contributed by atoms with E-state index < -0.39 is 5.97 Å². The molecule has 0 fully saturated rings. The van der Waals surface area contributed by atoms with Gasteiger partial charge in [-0.05, 0) is 13.8 Å². The Labute approximate surface area is 96.6 Å². The molecule has 1 rings (SSSR count). The molecule has 0 aliphatic rings. The maximum absolute atomic E-state index is 11.1. The molecule has 0 radical (unpaired) electrons. The minimum Gasteiger partial charge on any atom is -0.478 e. The van der Waals surface area contributed by atoms with E-state index in [0.29, 0.717) is 16.6 Å². The SMILES string of the molecule is CC(=CCSc1nc(C)cc(=O)[nH]1)C(=O)O. The van der Waals surface area contributed by atoms with E-state index in [1.807, 2.05) is 0 Å². The number of aliphatic carboxylic acids is 1. The van der Waals surface area contributed by atoms with Gasteiger partial charge in [-0.15, -0.1) is 0 Å². The Morgan fingerprint density at radius 3 is 2.94 bits per heavy atom. The van der Waals surface area contributed by atoms with Gasteiger partial charge in [0.25, 0.3) is 5.56 Å². The summed E-state index contributed by atoms with van der Waals surface area (Å²) in [5, 5.41) is 9.12. The summed E-state index contributed by atoms with van der Waals surface area (Å²) in [6.07, 6.45) is 1.58. The van der Waals surface area contributed by atoms with Gasteiger partial charge in [0.15, 0.2) is 5.16 Å². The quantitative estimate of drug-likeness (QED) is 0.469. The fourth-order valence-electron chi connectivity index (χ4n) is 0.953. The average molecular weight is 240 g/mol. The van der Waals surface area contributed by atoms with E-state index in [0.717, 1.165) is 0 Å². The van der Waals surface area contributed by atoms with Crippen molar-refractivity contribution in [1.82, 2.24) is 9.97 Å². The summed E-state index contributed by atoms with van der Waals surface area (Å²) in [7, 11) is 0. The number of nitrogens with one attached hydrogen (secondary N) is 1. The second-order valence-electron chi connectivity index (χ2n) is 3.20. The average Bonchev–Trinajstić information content (AvgIpc) is 2.15. The van der Waals surface area contributed by atoms with Crippen molar-refractivity contribution in [2.45, 2.75) is 19.0 Å². The third kappa shape index (κ3) is 3.90. The molecule has 0 bridgehead atoms. The summed E-state index contributed by atoms with van der Waals surface area (Å²) >= 11 is 1.29. The molecule has 1 aromatic heterocycles. The zero-order valence-corrected chi connectivity index (χ0v) is 9.80. The zero-order chi connectivity index (χ0) is 12.1. The van der Waals surface area contributed by atoms with E-state index in [9.17, 15) is 9.59 Å². The second kappa shape index (κ2) is 5.50. The van der Waals surface area contributed by atoms with Gasteiger partial charge >= 0.3 is 5.97 Å². The normalized spacial score (nSPS) is 11.5. The molecule has 0 atom stereocenters. The van der Waals surface area contributed by atoms with E-state index >= 15 is 0 Å². The number of rotatable bonds is 4. The Hall–Kier alpha value is -1.56. The predicted molar refractivity (Wildman–Crippen MR) is 61.7 cm³/mol. The Balaban J connectivity index is 2.65. The molecule has 5 nitrogen and oxygen atoms in total. The number of aromatic nitrogens is 2. The number of H-pyrrole nitrogens is 1. The van der Waals surface area contributed by atoms with Crippen molar-refractivity contribution in [3.05, 3.63) is 33.8 Å². The van der Waals surface area contributed by atoms with Crippen LogP contribution in [0.4, 0.5) is 0 Å². The molecule has 1 heterocycles. The van der Waals surface area contributed by atoms with E-state index in [1.165, 1.54) is 24.8 Å². The Morgan fingerprint density at radius 1 is 1.69 bits per heavy atom. The number of hydrogen-bond donors (Lipinski definition) is 2. The number of aromatic amines is 1. The van der Waals surface area contributed by atoms with Crippen LogP contribution in [0.25, 0.3) is 0 Å². The van der Waals surface area contributed by atoms with Crippen LogP contribution in [-0.4, -0.2) is 26.8 Å². The van der Waals surface area contributed by atoms with E-state index in [2.05, 4.69) is 9.97 Å². The first-order valence-electron chi connectivity index (χ1n) is 4.60. The molecule has 86 valence electrons. The van der Waals surface area contributed by atoms with Crippen molar-refractivity contribution < 1.29 is 9.90 Å². The molecule has 6 heteroatoms. The molecule has 0 aliphatic heterocycles. The van der Waals surface area contributed by atoms with E-state index in [4.69, 9.17) is 5.11 Å². The van der Waals surface area contributed by atoms with Crippen molar-refractivity contribution in [3.63, 3.8) is 0 Å². The number of hydrogen-bond acceptors (Lipinski definition) is 4. The first-order valence-corrected chi connectivity index (χ1v) is 5.58. The molecular formula is C10H12N2O3S. The number of carboxylic acid groups (broad SMARTS) is 1. The smallest absolute Gasteiger partial charge is 0.330 e. The van der Waals surface area contributed by atoms with Crippen LogP contribution in [0.15, 0.2) is 27.7 Å². The molecule has 0 spiro atoms. The van der Waals surface area contributed by atoms with Crippen molar-refractivity contribution in [1.29, 1.82) is 0 Å². The molecule has 2 N–H and O–H groups in total. The van der Waals surface area contributed by atoms with Crippen LogP contribution in [0, 0.1) is 6.92 Å². The van der Waals surface area contributed by atoms with Gasteiger partial charge in [-0.3, -0.25) is 4.79 Å². The van der Waals surface area contributed by atoms with Gasteiger partial charge < -0.3 is 10.1 Å². The standard InChI is InChI=1S/C10H12N2O3S/c1-6(9(14)15)3-4-16-10-11-7(2)5-8(13)12-10/h3,5H,4H2,1-2H3,(H,14,15)(H,11,12,13). The van der Waals surface area contributed by atoms with Gasteiger partial charge in [-0.2, -0.15) is 0 Å². The van der Waals surface area contributed by atoms with Gasteiger partial charge in [-0.25, -0.2) is 9.78 Å². The molecule has 0 aliphatic carbocycles. The summed E-state index contributed by atoms with van der Waals surface area (Å²) in [6.45, 7) is 3.26. The van der Waals surface area contributed by atoms with Crippen LogP contribution in [0.5, 0.6) is 0 Å². The highest BCUT2D eigenvalue weighted by atomic mass is 32.2. The molecule has 0 saturated carbocycles. The van der Waals surface area contributed by atoms with Crippen molar-refractivity contribution in [2.24, 2.45) is 0 Å². The molecule has 0 unspecified atom stereocenters. The molecule has 1 aromatic rings. The second-order valence-corrected chi connectivity index (χ2v) is 4.20. The van der Waals surface area contributed by atoms with Crippen LogP contribution in [0.1, 0.15) is 12.6 Å². The lowest BCUT2D eigenvalue weighted by molar-refractivity contribution is -0.132. The van der Waals surface area contributed by atoms with Crippen molar-refractivity contribution in [3.8, 4) is 0 Å². The summed E-state index contributed by atoms with van der Waals surface area (Å²) in [5.41, 5.74) is 0.724. The van der Waals surface area contributed by atoms with Crippen LogP contribution < -0.4 is 5.56 Å². The number of carboxylic acids is 1. The number of thioether (sulfide) groups is 1. The number of carbonyl (C=O) groups is 1. The zero-order valence-electron chi connectivity index (χ0n) is 8.98. The number of aryl methyl sites for hydroxylation is 1. The highest BCUT2D eigenvalue weighted by Crippen LogP contribution is 2.11. The maximum Gasteiger partial charge on any atom is 0.330 e. The van der Waals surface area contributed by atoms with Crippen LogP contribution >= 0.6 is 11.8 Å². The summed E-state index contributed by atoms with van der Waals surface area (Å²) in [5.74, 6) is -0.476. The summed E-state index contributed by atoms with van der Waals surface area (Å²) < 4.78 is 0. The van der Waals surface area contributed by atoms with Crippen molar-refractivity contribution in [2.75, 3.05) is 5.75 Å². The Bertz CT molecular complexity index is 479. The highest BCUT2D eigenvalue weighted by Gasteiger charge is 2.00. The van der Waals surface area contributed by atoms with Gasteiger partial charge in [0.1, 0.15) is 0 Å². The predicted octanol–water partition coefficient (Wildman–Crippen LogP) is 1.20. The monoisotopic (exact) mass is 240 g/mol. The van der Waals surface area contributed by atoms with Gasteiger partial charge in [-0.1, -0.05) is 17.8 Å². The topological polar surface area (TPSA) is 83.0 Å². The van der Waals surface area contributed by atoms with Crippen LogP contribution in [-0.2, 0) is 4.79 Å². The van der Waals surface area contributed by atoms with Gasteiger partial charge in [0.05, 0.1) is 0 Å². The molecule has 0 aromatic carbocycles. The minimum absolute atomic E-state index is 0.200. The first-order chi connectivity index (χ1) is 7.49. The third-order valence-corrected chi connectivity index (χ3v) is 2.60. The molecule has 0 amide bonds. The lowest BCUT2D eigenvalue weighted by Crippen LogP contribution is -2.08. The maximum atomic E-state index is 11.1. The molecule has 16 heavy (non-hydrogen) atoms. The highest BCUT2D eigenvalue weighted by molar-refractivity contribution is 7.99. The third-order valence-electron chi connectivity index (χ3n) is 1.79. The Morgan fingerprint density at radius 2 is 2.38 bits per heavy atom. The van der Waals surface area contributed by atoms with E-state index in [1.54, 1.807) is 13.0 Å². The van der Waals surface area contributed by atoms with Crippen molar-refractivity contribution >= 4 is 17.7 Å².